The van der Waals surface area contributed by atoms with Crippen molar-refractivity contribution in [3.63, 3.8) is 0 Å². The zero-order chi connectivity index (χ0) is 14.5. The molecule has 20 heavy (non-hydrogen) atoms. The molecule has 1 aromatic rings. The number of carbonyl (C=O) groups is 1. The summed E-state index contributed by atoms with van der Waals surface area (Å²) in [5.41, 5.74) is 0.471. The van der Waals surface area contributed by atoms with Crippen molar-refractivity contribution in [1.29, 1.82) is 0 Å². The summed E-state index contributed by atoms with van der Waals surface area (Å²) in [5, 5.41) is 2.89. The first-order valence-electron chi connectivity index (χ1n) is 7.02. The highest BCUT2D eigenvalue weighted by Crippen LogP contribution is 2.18. The molecule has 3 nitrogen and oxygen atoms in total. The lowest BCUT2D eigenvalue weighted by Gasteiger charge is -2.30. The molecule has 0 saturated carbocycles. The van der Waals surface area contributed by atoms with Gasteiger partial charge in [0.2, 0.25) is 0 Å². The molecule has 1 aliphatic rings. The second kappa shape index (κ2) is 7.18. The topological polar surface area (TPSA) is 32.3 Å². The molecule has 110 valence electrons. The number of likely N-dealkylation sites (tertiary alicyclic amines) is 1. The summed E-state index contributed by atoms with van der Waals surface area (Å²) >= 11 is 3.21. The highest BCUT2D eigenvalue weighted by molar-refractivity contribution is 9.10. The number of piperidine rings is 1. The summed E-state index contributed by atoms with van der Waals surface area (Å²) in [6, 6.07) is 4.10. The molecule has 0 spiro atoms. The maximum absolute atomic E-state index is 13.0. The molecule has 1 atom stereocenters. The molecule has 1 saturated heterocycles. The Labute approximate surface area is 127 Å². The van der Waals surface area contributed by atoms with Crippen LogP contribution in [0.25, 0.3) is 0 Å². The number of nitrogens with one attached hydrogen (secondary N) is 1. The third-order valence-corrected chi connectivity index (χ3v) is 4.29. The zero-order valence-electron chi connectivity index (χ0n) is 11.7. The first kappa shape index (κ1) is 15.4. The van der Waals surface area contributed by atoms with Crippen LogP contribution in [0.5, 0.6) is 0 Å². The molecular weight excluding hydrogens is 323 g/mol. The van der Waals surface area contributed by atoms with E-state index < -0.39 is 0 Å². The van der Waals surface area contributed by atoms with Crippen molar-refractivity contribution in [1.82, 2.24) is 10.2 Å². The number of benzene rings is 1. The Morgan fingerprint density at radius 2 is 2.35 bits per heavy atom. The third-order valence-electron chi connectivity index (χ3n) is 3.63. The SMILES string of the molecule is CC1CCCN(CCNC(=O)c2ccc(F)cc2Br)C1. The monoisotopic (exact) mass is 342 g/mol. The number of rotatable bonds is 4. The predicted octanol–water partition coefficient (Wildman–Crippen LogP) is 3.05. The third kappa shape index (κ3) is 4.28. The van der Waals surface area contributed by atoms with Crippen LogP contribution in [0.4, 0.5) is 4.39 Å². The number of nitrogens with zero attached hydrogens (tertiary/aromatic N) is 1. The average molecular weight is 343 g/mol. The number of carbonyl (C=O) groups excluding carboxylic acids is 1. The number of amides is 1. The van der Waals surface area contributed by atoms with E-state index in [9.17, 15) is 9.18 Å². The molecule has 1 amide bonds. The molecule has 0 bridgehead atoms. The average Bonchev–Trinajstić information content (AvgIpc) is 2.38. The molecule has 5 heteroatoms. The zero-order valence-corrected chi connectivity index (χ0v) is 13.2. The summed E-state index contributed by atoms with van der Waals surface area (Å²) in [5.74, 6) is 0.225. The molecule has 1 aliphatic heterocycles. The van der Waals surface area contributed by atoms with Gasteiger partial charge in [-0.2, -0.15) is 0 Å². The summed E-state index contributed by atoms with van der Waals surface area (Å²) in [6.07, 6.45) is 2.53. The van der Waals surface area contributed by atoms with Crippen molar-refractivity contribution < 1.29 is 9.18 Å². The van der Waals surface area contributed by atoms with E-state index in [0.29, 0.717) is 16.6 Å². The Morgan fingerprint density at radius 1 is 1.55 bits per heavy atom. The van der Waals surface area contributed by atoms with Gasteiger partial charge in [-0.15, -0.1) is 0 Å². The molecule has 1 N–H and O–H groups in total. The minimum Gasteiger partial charge on any atom is -0.351 e. The molecular formula is C15H20BrFN2O. The Kier molecular flexibility index (Phi) is 5.54. The quantitative estimate of drug-likeness (QED) is 0.911. The van der Waals surface area contributed by atoms with Crippen LogP contribution in [0.3, 0.4) is 0 Å². The van der Waals surface area contributed by atoms with E-state index in [0.717, 1.165) is 25.6 Å². The Hall–Kier alpha value is -0.940. The fraction of sp³-hybridized carbons (Fsp3) is 0.533. The lowest BCUT2D eigenvalue weighted by molar-refractivity contribution is 0.0943. The van der Waals surface area contributed by atoms with E-state index in [4.69, 9.17) is 0 Å². The van der Waals surface area contributed by atoms with Crippen LogP contribution in [0.1, 0.15) is 30.1 Å². The maximum atomic E-state index is 13.0. The van der Waals surface area contributed by atoms with Gasteiger partial charge in [-0.1, -0.05) is 6.92 Å². The van der Waals surface area contributed by atoms with E-state index in [1.807, 2.05) is 0 Å². The van der Waals surface area contributed by atoms with Crippen LogP contribution >= 0.6 is 15.9 Å². The van der Waals surface area contributed by atoms with Gasteiger partial charge in [-0.25, -0.2) is 4.39 Å². The minimum atomic E-state index is -0.351. The highest BCUT2D eigenvalue weighted by atomic mass is 79.9. The molecule has 0 aliphatic carbocycles. The largest absolute Gasteiger partial charge is 0.351 e. The Bertz CT molecular complexity index is 481. The number of hydrogen-bond acceptors (Lipinski definition) is 2. The van der Waals surface area contributed by atoms with Gasteiger partial charge in [0.05, 0.1) is 5.56 Å². The normalized spacial score (nSPS) is 19.9. The van der Waals surface area contributed by atoms with Crippen molar-refractivity contribution in [3.8, 4) is 0 Å². The minimum absolute atomic E-state index is 0.165. The predicted molar refractivity (Wildman–Crippen MR) is 81.3 cm³/mol. The van der Waals surface area contributed by atoms with Crippen molar-refractivity contribution in [2.75, 3.05) is 26.2 Å². The lowest BCUT2D eigenvalue weighted by Crippen LogP contribution is -2.40. The standard InChI is InChI=1S/C15H20BrFN2O/c1-11-3-2-7-19(10-11)8-6-18-15(20)13-5-4-12(17)9-14(13)16/h4-5,9,11H,2-3,6-8,10H2,1H3,(H,18,20). The molecule has 1 heterocycles. The van der Waals surface area contributed by atoms with Gasteiger partial charge < -0.3 is 10.2 Å². The van der Waals surface area contributed by atoms with E-state index in [-0.39, 0.29) is 11.7 Å². The molecule has 1 fully saturated rings. The molecule has 0 aromatic heterocycles. The van der Waals surface area contributed by atoms with Gasteiger partial charge in [0, 0.05) is 24.1 Å². The van der Waals surface area contributed by atoms with Crippen LogP contribution in [0.2, 0.25) is 0 Å². The van der Waals surface area contributed by atoms with Crippen LogP contribution in [-0.2, 0) is 0 Å². The maximum Gasteiger partial charge on any atom is 0.252 e. The molecule has 2 rings (SSSR count). The Balaban J connectivity index is 1.80. The van der Waals surface area contributed by atoms with E-state index in [1.54, 1.807) is 0 Å². The van der Waals surface area contributed by atoms with E-state index >= 15 is 0 Å². The van der Waals surface area contributed by atoms with Crippen LogP contribution < -0.4 is 5.32 Å². The van der Waals surface area contributed by atoms with Gasteiger partial charge >= 0.3 is 0 Å². The first-order valence-corrected chi connectivity index (χ1v) is 7.81. The van der Waals surface area contributed by atoms with Gasteiger partial charge in [0.1, 0.15) is 5.82 Å². The van der Waals surface area contributed by atoms with E-state index in [1.165, 1.54) is 31.0 Å². The summed E-state index contributed by atoms with van der Waals surface area (Å²) < 4.78 is 13.5. The van der Waals surface area contributed by atoms with Gasteiger partial charge in [0.15, 0.2) is 0 Å². The summed E-state index contributed by atoms with van der Waals surface area (Å²) in [6.45, 7) is 5.97. The van der Waals surface area contributed by atoms with Crippen molar-refractivity contribution in [2.24, 2.45) is 5.92 Å². The van der Waals surface area contributed by atoms with Gasteiger partial charge in [-0.3, -0.25) is 4.79 Å². The second-order valence-electron chi connectivity index (χ2n) is 5.43. The van der Waals surface area contributed by atoms with E-state index in [2.05, 4.69) is 33.1 Å². The molecule has 1 aromatic carbocycles. The van der Waals surface area contributed by atoms with Crippen molar-refractivity contribution >= 4 is 21.8 Å². The van der Waals surface area contributed by atoms with Crippen molar-refractivity contribution in [3.05, 3.63) is 34.1 Å². The Morgan fingerprint density at radius 3 is 3.05 bits per heavy atom. The molecule has 0 radical (unpaired) electrons. The molecule has 1 unspecified atom stereocenters. The number of hydrogen-bond donors (Lipinski definition) is 1. The van der Waals surface area contributed by atoms with Crippen LogP contribution in [-0.4, -0.2) is 37.0 Å². The highest BCUT2D eigenvalue weighted by Gasteiger charge is 2.16. The van der Waals surface area contributed by atoms with Crippen LogP contribution in [0, 0.1) is 11.7 Å². The van der Waals surface area contributed by atoms with Crippen LogP contribution in [0.15, 0.2) is 22.7 Å². The summed E-state index contributed by atoms with van der Waals surface area (Å²) in [4.78, 5) is 14.4. The van der Waals surface area contributed by atoms with Gasteiger partial charge in [0.25, 0.3) is 5.91 Å². The first-order chi connectivity index (χ1) is 9.56. The lowest BCUT2D eigenvalue weighted by atomic mass is 10.0. The van der Waals surface area contributed by atoms with Crippen molar-refractivity contribution in [2.45, 2.75) is 19.8 Å². The fourth-order valence-electron chi connectivity index (χ4n) is 2.59. The number of halogens is 2. The second-order valence-corrected chi connectivity index (χ2v) is 6.28. The summed E-state index contributed by atoms with van der Waals surface area (Å²) in [7, 11) is 0. The smallest absolute Gasteiger partial charge is 0.252 e. The fourth-order valence-corrected chi connectivity index (χ4v) is 3.12. The van der Waals surface area contributed by atoms with Gasteiger partial charge in [-0.05, 0) is 59.4 Å².